The Kier molecular flexibility index (Phi) is 5.31. The summed E-state index contributed by atoms with van der Waals surface area (Å²) in [4.78, 5) is 23.6. The fourth-order valence-corrected chi connectivity index (χ4v) is 1.54. The van der Waals surface area contributed by atoms with Crippen molar-refractivity contribution < 1.29 is 24.2 Å². The number of aromatic hydroxyl groups is 1. The molecule has 0 radical (unpaired) electrons. The Balaban J connectivity index is 2.50. The van der Waals surface area contributed by atoms with Gasteiger partial charge in [-0.2, -0.15) is 0 Å². The van der Waals surface area contributed by atoms with Crippen molar-refractivity contribution in [1.82, 2.24) is 10.2 Å². The zero-order valence-electron chi connectivity index (χ0n) is 11.3. The summed E-state index contributed by atoms with van der Waals surface area (Å²) in [5.74, 6) is -2.86. The van der Waals surface area contributed by atoms with Gasteiger partial charge in [-0.3, -0.25) is 4.79 Å². The number of nitrogens with one attached hydrogen (secondary N) is 1. The molecule has 0 bridgehead atoms. The van der Waals surface area contributed by atoms with Gasteiger partial charge in [-0.05, 0) is 17.7 Å². The molecule has 0 saturated carbocycles. The van der Waals surface area contributed by atoms with E-state index >= 15 is 0 Å². The summed E-state index contributed by atoms with van der Waals surface area (Å²) in [5, 5.41) is 20.3. The third kappa shape index (κ3) is 4.42. The number of carboxylic acids is 1. The maximum Gasteiger partial charge on any atom is 0.317 e. The Morgan fingerprint density at radius 1 is 1.45 bits per heavy atom. The minimum atomic E-state index is -0.981. The number of carboxylic acid groups (broad SMARTS) is 1. The zero-order chi connectivity index (χ0) is 15.3. The third-order valence-electron chi connectivity index (χ3n) is 2.77. The maximum atomic E-state index is 13.1. The van der Waals surface area contributed by atoms with E-state index in [1.165, 1.54) is 31.0 Å². The molecule has 110 valence electrons. The second-order valence-corrected chi connectivity index (χ2v) is 4.56. The van der Waals surface area contributed by atoms with Crippen molar-refractivity contribution in [3.8, 4) is 5.75 Å². The minimum absolute atomic E-state index is 0.0745. The van der Waals surface area contributed by atoms with Crippen molar-refractivity contribution in [1.29, 1.82) is 0 Å². The molecule has 0 fully saturated rings. The van der Waals surface area contributed by atoms with Crippen molar-refractivity contribution >= 4 is 12.0 Å². The Bertz CT molecular complexity index is 507. The van der Waals surface area contributed by atoms with E-state index in [-0.39, 0.29) is 13.1 Å². The van der Waals surface area contributed by atoms with Gasteiger partial charge >= 0.3 is 12.0 Å². The molecule has 0 aliphatic carbocycles. The van der Waals surface area contributed by atoms with E-state index in [1.807, 2.05) is 0 Å². The molecule has 0 heterocycles. The topological polar surface area (TPSA) is 89.9 Å². The van der Waals surface area contributed by atoms with Crippen LogP contribution in [-0.4, -0.2) is 40.7 Å². The summed E-state index contributed by atoms with van der Waals surface area (Å²) in [6.07, 6.45) is 0. The van der Waals surface area contributed by atoms with Crippen molar-refractivity contribution in [2.75, 3.05) is 13.6 Å². The Morgan fingerprint density at radius 2 is 2.10 bits per heavy atom. The van der Waals surface area contributed by atoms with Gasteiger partial charge in [0, 0.05) is 20.1 Å². The molecule has 6 nitrogen and oxygen atoms in total. The molecule has 20 heavy (non-hydrogen) atoms. The number of hydrogen-bond donors (Lipinski definition) is 3. The van der Waals surface area contributed by atoms with Crippen molar-refractivity contribution in [3.05, 3.63) is 29.6 Å². The fourth-order valence-electron chi connectivity index (χ4n) is 1.54. The molecule has 0 aliphatic rings. The monoisotopic (exact) mass is 284 g/mol. The van der Waals surface area contributed by atoms with Crippen LogP contribution in [0.1, 0.15) is 12.5 Å². The van der Waals surface area contributed by atoms with Crippen LogP contribution in [0.15, 0.2) is 18.2 Å². The number of hydrogen-bond acceptors (Lipinski definition) is 3. The number of phenolic OH excluding ortho intramolecular Hbond substituents is 1. The first-order chi connectivity index (χ1) is 9.31. The second-order valence-electron chi connectivity index (χ2n) is 4.56. The summed E-state index contributed by atoms with van der Waals surface area (Å²) in [7, 11) is 1.48. The SMILES string of the molecule is CC(CN(C)C(=O)NCc1ccc(O)c(F)c1)C(=O)O. The number of nitrogens with zero attached hydrogens (tertiary/aromatic N) is 1. The Morgan fingerprint density at radius 3 is 2.65 bits per heavy atom. The molecule has 1 aromatic carbocycles. The summed E-state index contributed by atoms with van der Waals surface area (Å²) in [5.41, 5.74) is 0.494. The molecule has 0 spiro atoms. The highest BCUT2D eigenvalue weighted by molar-refractivity contribution is 5.75. The van der Waals surface area contributed by atoms with Gasteiger partial charge in [0.2, 0.25) is 0 Å². The molecule has 1 unspecified atom stereocenters. The smallest absolute Gasteiger partial charge is 0.317 e. The van der Waals surface area contributed by atoms with Gasteiger partial charge in [-0.1, -0.05) is 13.0 Å². The van der Waals surface area contributed by atoms with Crippen LogP contribution in [0.5, 0.6) is 5.75 Å². The van der Waals surface area contributed by atoms with Crippen LogP contribution in [0.25, 0.3) is 0 Å². The average Bonchev–Trinajstić information content (AvgIpc) is 2.39. The lowest BCUT2D eigenvalue weighted by Gasteiger charge is -2.20. The van der Waals surface area contributed by atoms with E-state index in [9.17, 15) is 14.0 Å². The lowest BCUT2D eigenvalue weighted by molar-refractivity contribution is -0.141. The lowest BCUT2D eigenvalue weighted by atomic mass is 10.2. The second kappa shape index (κ2) is 6.74. The molecule has 2 amide bonds. The number of aliphatic carboxylic acids is 1. The molecule has 0 aliphatic heterocycles. The van der Waals surface area contributed by atoms with Gasteiger partial charge in [0.15, 0.2) is 11.6 Å². The van der Waals surface area contributed by atoms with Gasteiger partial charge in [0.1, 0.15) is 0 Å². The molecular weight excluding hydrogens is 267 g/mol. The van der Waals surface area contributed by atoms with Gasteiger partial charge in [0.25, 0.3) is 0 Å². The van der Waals surface area contributed by atoms with Crippen LogP contribution in [-0.2, 0) is 11.3 Å². The van der Waals surface area contributed by atoms with Crippen LogP contribution in [0.4, 0.5) is 9.18 Å². The molecular formula is C13H17FN2O4. The van der Waals surface area contributed by atoms with E-state index in [2.05, 4.69) is 5.32 Å². The summed E-state index contributed by atoms with van der Waals surface area (Å²) < 4.78 is 13.1. The minimum Gasteiger partial charge on any atom is -0.505 e. The lowest BCUT2D eigenvalue weighted by Crippen LogP contribution is -2.40. The van der Waals surface area contributed by atoms with Crippen LogP contribution in [0.3, 0.4) is 0 Å². The van der Waals surface area contributed by atoms with Crippen LogP contribution < -0.4 is 5.32 Å². The van der Waals surface area contributed by atoms with Crippen molar-refractivity contribution in [2.24, 2.45) is 5.92 Å². The average molecular weight is 284 g/mol. The predicted molar refractivity (Wildman–Crippen MR) is 69.7 cm³/mol. The fraction of sp³-hybridized carbons (Fsp3) is 0.385. The number of phenols is 1. The number of rotatable bonds is 5. The largest absolute Gasteiger partial charge is 0.505 e. The highest BCUT2D eigenvalue weighted by atomic mass is 19.1. The van der Waals surface area contributed by atoms with Crippen LogP contribution in [0, 0.1) is 11.7 Å². The first kappa shape index (κ1) is 15.7. The van der Waals surface area contributed by atoms with Gasteiger partial charge in [0.05, 0.1) is 5.92 Å². The molecule has 7 heteroatoms. The first-order valence-electron chi connectivity index (χ1n) is 6.00. The molecule has 0 saturated heterocycles. The van der Waals surface area contributed by atoms with E-state index < -0.39 is 29.5 Å². The third-order valence-corrected chi connectivity index (χ3v) is 2.77. The molecule has 0 aromatic heterocycles. The van der Waals surface area contributed by atoms with Crippen LogP contribution >= 0.6 is 0 Å². The number of amides is 2. The number of urea groups is 1. The van der Waals surface area contributed by atoms with Gasteiger partial charge < -0.3 is 20.4 Å². The molecule has 3 N–H and O–H groups in total. The van der Waals surface area contributed by atoms with E-state index in [0.29, 0.717) is 5.56 Å². The van der Waals surface area contributed by atoms with E-state index in [1.54, 1.807) is 0 Å². The van der Waals surface area contributed by atoms with Crippen molar-refractivity contribution in [2.45, 2.75) is 13.5 Å². The number of carbonyl (C=O) groups excluding carboxylic acids is 1. The molecule has 1 aromatic rings. The summed E-state index contributed by atoms with van der Waals surface area (Å²) in [6, 6.07) is 3.35. The molecule has 1 rings (SSSR count). The standard InChI is InChI=1S/C13H17FN2O4/c1-8(12(18)19)7-16(2)13(20)15-6-9-3-4-11(17)10(14)5-9/h3-5,8,17H,6-7H2,1-2H3,(H,15,20)(H,18,19). The normalized spacial score (nSPS) is 11.8. The van der Waals surface area contributed by atoms with E-state index in [4.69, 9.17) is 10.2 Å². The summed E-state index contributed by atoms with van der Waals surface area (Å²) in [6.45, 7) is 1.66. The highest BCUT2D eigenvalue weighted by Gasteiger charge is 2.17. The van der Waals surface area contributed by atoms with Crippen LogP contribution in [0.2, 0.25) is 0 Å². The number of halogens is 1. The maximum absolute atomic E-state index is 13.1. The number of carbonyl (C=O) groups is 2. The van der Waals surface area contributed by atoms with Crippen molar-refractivity contribution in [3.63, 3.8) is 0 Å². The van der Waals surface area contributed by atoms with Gasteiger partial charge in [-0.25, -0.2) is 9.18 Å². The first-order valence-corrected chi connectivity index (χ1v) is 6.00. The Hall–Kier alpha value is -2.31. The zero-order valence-corrected chi connectivity index (χ0v) is 11.3. The highest BCUT2D eigenvalue weighted by Crippen LogP contribution is 2.15. The Labute approximate surface area is 115 Å². The van der Waals surface area contributed by atoms with E-state index in [0.717, 1.165) is 6.07 Å². The number of benzene rings is 1. The quantitative estimate of drug-likeness (QED) is 0.762. The van der Waals surface area contributed by atoms with Gasteiger partial charge in [-0.15, -0.1) is 0 Å². The summed E-state index contributed by atoms with van der Waals surface area (Å²) >= 11 is 0. The molecule has 1 atom stereocenters. The predicted octanol–water partition coefficient (Wildman–Crippen LogP) is 1.39.